The molecule has 0 atom stereocenters. The van der Waals surface area contributed by atoms with Gasteiger partial charge >= 0.3 is 0 Å². The van der Waals surface area contributed by atoms with Crippen LogP contribution in [0.25, 0.3) is 0 Å². The van der Waals surface area contributed by atoms with Crippen LogP contribution in [-0.2, 0) is 0 Å². The fraction of sp³-hybridized carbons (Fsp3) is 0.750. The lowest BCUT2D eigenvalue weighted by Gasteiger charge is -2.16. The second kappa shape index (κ2) is 3.94. The van der Waals surface area contributed by atoms with Gasteiger partial charge in [-0.25, -0.2) is 0 Å². The Morgan fingerprint density at radius 1 is 1.40 bits per heavy atom. The van der Waals surface area contributed by atoms with E-state index in [2.05, 4.69) is 26.2 Å². The van der Waals surface area contributed by atoms with Gasteiger partial charge in [0, 0.05) is 8.07 Å². The first-order valence-electron chi connectivity index (χ1n) is 3.82. The van der Waals surface area contributed by atoms with Gasteiger partial charge in [0.1, 0.15) is 0 Å². The van der Waals surface area contributed by atoms with E-state index in [1.165, 1.54) is 11.6 Å². The minimum Gasteiger partial charge on any atom is -0.330 e. The molecule has 0 amide bonds. The molecule has 1 nitrogen and oxygen atoms in total. The first-order valence-corrected chi connectivity index (χ1v) is 7.53. The summed E-state index contributed by atoms with van der Waals surface area (Å²) in [5, 5.41) is 0. The van der Waals surface area contributed by atoms with Crippen molar-refractivity contribution < 1.29 is 0 Å². The van der Waals surface area contributed by atoms with Crippen molar-refractivity contribution >= 4 is 8.07 Å². The van der Waals surface area contributed by atoms with Crippen molar-refractivity contribution in [1.29, 1.82) is 0 Å². The predicted molar refractivity (Wildman–Crippen MR) is 51.0 cm³/mol. The molecular weight excluding hydrogens is 138 g/mol. The molecule has 60 valence electrons. The van der Waals surface area contributed by atoms with E-state index in [9.17, 15) is 0 Å². The van der Waals surface area contributed by atoms with Gasteiger partial charge in [0.25, 0.3) is 0 Å². The zero-order chi connectivity index (χ0) is 8.20. The maximum Gasteiger partial charge on any atom is 0.0483 e. The highest BCUT2D eigenvalue weighted by atomic mass is 28.3. The predicted octanol–water partition coefficient (Wildman–Crippen LogP) is 2.23. The molecule has 0 spiro atoms. The van der Waals surface area contributed by atoms with Gasteiger partial charge in [0.15, 0.2) is 0 Å². The molecule has 0 rings (SSSR count). The van der Waals surface area contributed by atoms with Crippen molar-refractivity contribution in [1.82, 2.24) is 0 Å². The maximum atomic E-state index is 5.40. The van der Waals surface area contributed by atoms with E-state index in [-0.39, 0.29) is 0 Å². The van der Waals surface area contributed by atoms with Gasteiger partial charge < -0.3 is 5.73 Å². The van der Waals surface area contributed by atoms with Crippen molar-refractivity contribution in [2.24, 2.45) is 5.73 Å². The quantitative estimate of drug-likeness (QED) is 0.491. The summed E-state index contributed by atoms with van der Waals surface area (Å²) in [6, 6.07) is 1.23. The summed E-state index contributed by atoms with van der Waals surface area (Å²) in [5.41, 5.74) is 6.74. The van der Waals surface area contributed by atoms with Crippen molar-refractivity contribution in [3.05, 3.63) is 12.2 Å². The van der Waals surface area contributed by atoms with Crippen molar-refractivity contribution in [3.63, 3.8) is 0 Å². The molecule has 0 aromatic rings. The van der Waals surface area contributed by atoms with Crippen molar-refractivity contribution in [2.75, 3.05) is 6.54 Å². The topological polar surface area (TPSA) is 26.0 Å². The summed E-state index contributed by atoms with van der Waals surface area (Å²) in [6.07, 6.45) is 1.00. The third-order valence-electron chi connectivity index (χ3n) is 1.28. The minimum atomic E-state index is -0.913. The summed E-state index contributed by atoms with van der Waals surface area (Å²) in [6.45, 7) is 11.8. The average Bonchev–Trinajstić information content (AvgIpc) is 1.59. The van der Waals surface area contributed by atoms with Crippen molar-refractivity contribution in [2.45, 2.75) is 32.1 Å². The standard InChI is InChI=1S/C8H19NSi/c1-8(5-6-9)7-10(2,3)4/h1,5-7,9H2,2-4H3. The highest BCUT2D eigenvalue weighted by molar-refractivity contribution is 6.76. The highest BCUT2D eigenvalue weighted by Gasteiger charge is 2.13. The third-order valence-corrected chi connectivity index (χ3v) is 2.84. The van der Waals surface area contributed by atoms with Gasteiger partial charge in [-0.1, -0.05) is 25.2 Å². The Balaban J connectivity index is 3.58. The molecule has 0 aromatic heterocycles. The van der Waals surface area contributed by atoms with Crippen LogP contribution in [0.4, 0.5) is 0 Å². The molecule has 0 saturated carbocycles. The smallest absolute Gasteiger partial charge is 0.0483 e. The second-order valence-electron chi connectivity index (χ2n) is 4.03. The second-order valence-corrected chi connectivity index (χ2v) is 9.50. The molecule has 0 aliphatic rings. The van der Waals surface area contributed by atoms with Crippen LogP contribution in [0.1, 0.15) is 6.42 Å². The van der Waals surface area contributed by atoms with Gasteiger partial charge in [0.05, 0.1) is 0 Å². The molecule has 2 N–H and O–H groups in total. The van der Waals surface area contributed by atoms with E-state index in [0.29, 0.717) is 0 Å². The molecular formula is C8H19NSi. The first kappa shape index (κ1) is 9.92. The van der Waals surface area contributed by atoms with Gasteiger partial charge in [-0.05, 0) is 19.0 Å². The molecule has 0 saturated heterocycles. The molecule has 0 aliphatic heterocycles. The first-order chi connectivity index (χ1) is 4.45. The average molecular weight is 157 g/mol. The molecule has 2 heteroatoms. The monoisotopic (exact) mass is 157 g/mol. The largest absolute Gasteiger partial charge is 0.330 e. The van der Waals surface area contributed by atoms with Crippen LogP contribution >= 0.6 is 0 Å². The van der Waals surface area contributed by atoms with E-state index in [1.807, 2.05) is 0 Å². The maximum absolute atomic E-state index is 5.40. The minimum absolute atomic E-state index is 0.753. The zero-order valence-corrected chi connectivity index (χ0v) is 8.41. The van der Waals surface area contributed by atoms with Crippen LogP contribution in [0.5, 0.6) is 0 Å². The van der Waals surface area contributed by atoms with Gasteiger partial charge in [-0.3, -0.25) is 0 Å². The number of hydrogen-bond donors (Lipinski definition) is 1. The van der Waals surface area contributed by atoms with E-state index >= 15 is 0 Å². The van der Waals surface area contributed by atoms with Crippen LogP contribution in [0.15, 0.2) is 12.2 Å². The summed E-state index contributed by atoms with van der Waals surface area (Å²) in [7, 11) is -0.913. The Kier molecular flexibility index (Phi) is 3.90. The van der Waals surface area contributed by atoms with Crippen LogP contribution in [0, 0.1) is 0 Å². The number of nitrogens with two attached hydrogens (primary N) is 1. The van der Waals surface area contributed by atoms with E-state index in [1.54, 1.807) is 0 Å². The SMILES string of the molecule is C=C(CCN)C[Si](C)(C)C. The van der Waals surface area contributed by atoms with Crippen LogP contribution < -0.4 is 5.73 Å². The normalized spacial score (nSPS) is 11.6. The Bertz CT molecular complexity index is 113. The molecule has 0 aromatic carbocycles. The molecule has 10 heavy (non-hydrogen) atoms. The highest BCUT2D eigenvalue weighted by Crippen LogP contribution is 2.16. The molecule has 0 fully saturated rings. The summed E-state index contributed by atoms with van der Waals surface area (Å²) >= 11 is 0. The summed E-state index contributed by atoms with van der Waals surface area (Å²) in [4.78, 5) is 0. The van der Waals surface area contributed by atoms with Gasteiger partial charge in [0.2, 0.25) is 0 Å². The van der Waals surface area contributed by atoms with E-state index in [0.717, 1.165) is 13.0 Å². The number of hydrogen-bond acceptors (Lipinski definition) is 1. The van der Waals surface area contributed by atoms with E-state index < -0.39 is 8.07 Å². The number of rotatable bonds is 4. The summed E-state index contributed by atoms with van der Waals surface area (Å²) in [5.74, 6) is 0. The molecule has 0 bridgehead atoms. The van der Waals surface area contributed by atoms with Crippen LogP contribution in [0.2, 0.25) is 25.7 Å². The van der Waals surface area contributed by atoms with Gasteiger partial charge in [-0.15, -0.1) is 6.58 Å². The Hall–Kier alpha value is -0.0831. The Morgan fingerprint density at radius 3 is 2.20 bits per heavy atom. The summed E-state index contributed by atoms with van der Waals surface area (Å²) < 4.78 is 0. The fourth-order valence-corrected chi connectivity index (χ4v) is 2.72. The lowest BCUT2D eigenvalue weighted by molar-refractivity contribution is 0.948. The molecule has 0 heterocycles. The molecule has 0 unspecified atom stereocenters. The molecule has 0 radical (unpaired) electrons. The lowest BCUT2D eigenvalue weighted by Crippen LogP contribution is -2.20. The van der Waals surface area contributed by atoms with E-state index in [4.69, 9.17) is 5.73 Å². The lowest BCUT2D eigenvalue weighted by atomic mass is 10.2. The van der Waals surface area contributed by atoms with Crippen molar-refractivity contribution in [3.8, 4) is 0 Å². The Morgan fingerprint density at radius 2 is 1.90 bits per heavy atom. The van der Waals surface area contributed by atoms with Crippen LogP contribution in [-0.4, -0.2) is 14.6 Å². The third kappa shape index (κ3) is 6.04. The zero-order valence-electron chi connectivity index (χ0n) is 7.41. The molecule has 0 aliphatic carbocycles. The Labute approximate surface area is 65.3 Å². The van der Waals surface area contributed by atoms with Crippen LogP contribution in [0.3, 0.4) is 0 Å². The fourth-order valence-electron chi connectivity index (χ4n) is 1.04. The van der Waals surface area contributed by atoms with Gasteiger partial charge in [-0.2, -0.15) is 0 Å².